The van der Waals surface area contributed by atoms with Gasteiger partial charge >= 0.3 is 0 Å². The SMILES string of the molecule is COc1cccc(CC(=O)NNC(=S)Nc2cccc(C)c2C)c1. The van der Waals surface area contributed by atoms with Crippen LogP contribution in [0.1, 0.15) is 16.7 Å². The van der Waals surface area contributed by atoms with Crippen molar-refractivity contribution in [3.8, 4) is 5.75 Å². The van der Waals surface area contributed by atoms with Crippen LogP contribution in [-0.2, 0) is 11.2 Å². The molecule has 0 spiro atoms. The first-order valence-electron chi connectivity index (χ1n) is 7.54. The van der Waals surface area contributed by atoms with Gasteiger partial charge in [-0.15, -0.1) is 0 Å². The van der Waals surface area contributed by atoms with Crippen LogP contribution in [0, 0.1) is 13.8 Å². The van der Waals surface area contributed by atoms with Gasteiger partial charge in [-0.25, -0.2) is 0 Å². The van der Waals surface area contributed by atoms with Crippen molar-refractivity contribution >= 4 is 28.9 Å². The maximum atomic E-state index is 12.0. The lowest BCUT2D eigenvalue weighted by atomic mass is 10.1. The molecule has 2 aromatic carbocycles. The Bertz CT molecular complexity index is 747. The van der Waals surface area contributed by atoms with E-state index in [0.29, 0.717) is 5.11 Å². The van der Waals surface area contributed by atoms with E-state index in [-0.39, 0.29) is 12.3 Å². The van der Waals surface area contributed by atoms with Crippen molar-refractivity contribution in [1.82, 2.24) is 10.9 Å². The van der Waals surface area contributed by atoms with Crippen molar-refractivity contribution in [2.45, 2.75) is 20.3 Å². The number of hydrogen-bond donors (Lipinski definition) is 3. The summed E-state index contributed by atoms with van der Waals surface area (Å²) in [5, 5.41) is 3.41. The number of hydrazine groups is 1. The zero-order valence-electron chi connectivity index (χ0n) is 14.0. The Morgan fingerprint density at radius 1 is 1.12 bits per heavy atom. The Kier molecular flexibility index (Phi) is 6.14. The lowest BCUT2D eigenvalue weighted by Gasteiger charge is -2.14. The quantitative estimate of drug-likeness (QED) is 0.589. The normalized spacial score (nSPS) is 9.96. The predicted molar refractivity (Wildman–Crippen MR) is 100 cm³/mol. The first-order valence-corrected chi connectivity index (χ1v) is 7.95. The summed E-state index contributed by atoms with van der Waals surface area (Å²) in [6.45, 7) is 4.05. The number of hydrogen-bond acceptors (Lipinski definition) is 3. The van der Waals surface area contributed by atoms with Crippen LogP contribution in [0.3, 0.4) is 0 Å². The molecule has 0 aliphatic carbocycles. The van der Waals surface area contributed by atoms with E-state index >= 15 is 0 Å². The fourth-order valence-electron chi connectivity index (χ4n) is 2.18. The first kappa shape index (κ1) is 17.7. The highest BCUT2D eigenvalue weighted by Crippen LogP contribution is 2.17. The number of methoxy groups -OCH3 is 1. The minimum atomic E-state index is -0.187. The number of thiocarbonyl (C=S) groups is 1. The van der Waals surface area contributed by atoms with E-state index in [4.69, 9.17) is 17.0 Å². The average Bonchev–Trinajstić information content (AvgIpc) is 2.57. The second-order valence-electron chi connectivity index (χ2n) is 5.40. The van der Waals surface area contributed by atoms with Crippen LogP contribution in [-0.4, -0.2) is 18.1 Å². The minimum absolute atomic E-state index is 0.187. The summed E-state index contributed by atoms with van der Waals surface area (Å²) in [6, 6.07) is 13.3. The summed E-state index contributed by atoms with van der Waals surface area (Å²) in [6.07, 6.45) is 0.232. The third kappa shape index (κ3) is 4.96. The Morgan fingerprint density at radius 2 is 1.88 bits per heavy atom. The van der Waals surface area contributed by atoms with E-state index in [1.807, 2.05) is 56.3 Å². The van der Waals surface area contributed by atoms with Gasteiger partial charge in [-0.3, -0.25) is 15.6 Å². The van der Waals surface area contributed by atoms with Gasteiger partial charge in [-0.05, 0) is 61.0 Å². The molecular weight excluding hydrogens is 322 g/mol. The number of anilines is 1. The third-order valence-electron chi connectivity index (χ3n) is 3.67. The number of amides is 1. The van der Waals surface area contributed by atoms with E-state index < -0.39 is 0 Å². The summed E-state index contributed by atoms with van der Waals surface area (Å²) in [4.78, 5) is 12.0. The standard InChI is InChI=1S/C18H21N3O2S/c1-12-6-4-9-16(13(12)2)19-18(24)21-20-17(22)11-14-7-5-8-15(10-14)23-3/h4-10H,11H2,1-3H3,(H,20,22)(H2,19,21,24). The summed E-state index contributed by atoms with van der Waals surface area (Å²) in [5.74, 6) is 0.536. The molecule has 0 bridgehead atoms. The molecule has 0 heterocycles. The lowest BCUT2D eigenvalue weighted by molar-refractivity contribution is -0.120. The fraction of sp³-hybridized carbons (Fsp3) is 0.222. The van der Waals surface area contributed by atoms with Crippen LogP contribution in [0.25, 0.3) is 0 Å². The molecule has 6 heteroatoms. The number of nitrogens with one attached hydrogen (secondary N) is 3. The molecule has 0 saturated carbocycles. The average molecular weight is 343 g/mol. The van der Waals surface area contributed by atoms with E-state index in [2.05, 4.69) is 16.2 Å². The summed E-state index contributed by atoms with van der Waals surface area (Å²) < 4.78 is 5.14. The van der Waals surface area contributed by atoms with Crippen molar-refractivity contribution < 1.29 is 9.53 Å². The van der Waals surface area contributed by atoms with Crippen LogP contribution in [0.2, 0.25) is 0 Å². The van der Waals surface area contributed by atoms with Gasteiger partial charge < -0.3 is 10.1 Å². The third-order valence-corrected chi connectivity index (χ3v) is 3.87. The van der Waals surface area contributed by atoms with Gasteiger partial charge in [0.2, 0.25) is 5.91 Å². The summed E-state index contributed by atoms with van der Waals surface area (Å²) in [5.41, 5.74) is 9.37. The van der Waals surface area contributed by atoms with Gasteiger partial charge in [-0.1, -0.05) is 24.3 Å². The topological polar surface area (TPSA) is 62.4 Å². The van der Waals surface area contributed by atoms with E-state index in [1.54, 1.807) is 7.11 Å². The molecule has 0 saturated heterocycles. The minimum Gasteiger partial charge on any atom is -0.497 e. The van der Waals surface area contributed by atoms with Crippen LogP contribution in [0.4, 0.5) is 5.69 Å². The number of carbonyl (C=O) groups excluding carboxylic acids is 1. The molecule has 0 aliphatic heterocycles. The highest BCUT2D eigenvalue weighted by Gasteiger charge is 2.06. The maximum Gasteiger partial charge on any atom is 0.242 e. The molecule has 0 radical (unpaired) electrons. The predicted octanol–water partition coefficient (Wildman–Crippen LogP) is 2.87. The van der Waals surface area contributed by atoms with Gasteiger partial charge in [-0.2, -0.15) is 0 Å². The molecule has 2 rings (SSSR count). The Morgan fingerprint density at radius 3 is 2.62 bits per heavy atom. The molecule has 2 aromatic rings. The molecule has 0 aliphatic rings. The maximum absolute atomic E-state index is 12.0. The van der Waals surface area contributed by atoms with Gasteiger partial charge in [0.25, 0.3) is 0 Å². The molecule has 5 nitrogen and oxygen atoms in total. The van der Waals surface area contributed by atoms with Gasteiger partial charge in [0, 0.05) is 5.69 Å². The number of aryl methyl sites for hydroxylation is 1. The number of ether oxygens (including phenoxy) is 1. The summed E-state index contributed by atoms with van der Waals surface area (Å²) in [7, 11) is 1.60. The second-order valence-corrected chi connectivity index (χ2v) is 5.81. The van der Waals surface area contributed by atoms with Crippen molar-refractivity contribution in [3.63, 3.8) is 0 Å². The smallest absolute Gasteiger partial charge is 0.242 e. The number of carbonyl (C=O) groups is 1. The van der Waals surface area contributed by atoms with E-state index in [0.717, 1.165) is 22.6 Å². The number of rotatable bonds is 4. The largest absolute Gasteiger partial charge is 0.497 e. The molecule has 0 unspecified atom stereocenters. The number of benzene rings is 2. The Labute approximate surface area is 147 Å². The van der Waals surface area contributed by atoms with E-state index in [9.17, 15) is 4.79 Å². The molecule has 126 valence electrons. The fourth-order valence-corrected chi connectivity index (χ4v) is 2.34. The molecule has 1 amide bonds. The highest BCUT2D eigenvalue weighted by atomic mass is 32.1. The van der Waals surface area contributed by atoms with Gasteiger partial charge in [0.1, 0.15) is 5.75 Å². The van der Waals surface area contributed by atoms with Crippen LogP contribution < -0.4 is 20.9 Å². The van der Waals surface area contributed by atoms with Crippen molar-refractivity contribution in [1.29, 1.82) is 0 Å². The molecule has 3 N–H and O–H groups in total. The zero-order valence-corrected chi connectivity index (χ0v) is 14.8. The first-order chi connectivity index (χ1) is 11.5. The van der Waals surface area contributed by atoms with Gasteiger partial charge in [0.05, 0.1) is 13.5 Å². The van der Waals surface area contributed by atoms with Crippen molar-refractivity contribution in [3.05, 3.63) is 59.2 Å². The monoisotopic (exact) mass is 343 g/mol. The molecule has 24 heavy (non-hydrogen) atoms. The Hall–Kier alpha value is -2.60. The van der Waals surface area contributed by atoms with Gasteiger partial charge in [0.15, 0.2) is 5.11 Å². The lowest BCUT2D eigenvalue weighted by Crippen LogP contribution is -2.44. The second kappa shape index (κ2) is 8.31. The molecule has 0 atom stereocenters. The zero-order chi connectivity index (χ0) is 17.5. The molecule has 0 aromatic heterocycles. The van der Waals surface area contributed by atoms with E-state index in [1.165, 1.54) is 5.56 Å². The Balaban J connectivity index is 1.84. The molecule has 0 fully saturated rings. The van der Waals surface area contributed by atoms with Crippen LogP contribution in [0.5, 0.6) is 5.75 Å². The highest BCUT2D eigenvalue weighted by molar-refractivity contribution is 7.80. The van der Waals surface area contributed by atoms with Crippen LogP contribution >= 0.6 is 12.2 Å². The van der Waals surface area contributed by atoms with Crippen molar-refractivity contribution in [2.24, 2.45) is 0 Å². The molecular formula is C18H21N3O2S. The van der Waals surface area contributed by atoms with Crippen LogP contribution in [0.15, 0.2) is 42.5 Å². The summed E-state index contributed by atoms with van der Waals surface area (Å²) >= 11 is 5.20. The van der Waals surface area contributed by atoms with Crippen molar-refractivity contribution in [2.75, 3.05) is 12.4 Å².